The molecule has 2 aromatic rings. The maximum atomic E-state index is 12.2. The van der Waals surface area contributed by atoms with Gasteiger partial charge in [-0.15, -0.1) is 0 Å². The zero-order valence-corrected chi connectivity index (χ0v) is 21.4. The average molecular weight is 501 g/mol. The lowest BCUT2D eigenvalue weighted by Gasteiger charge is -2.30. The molecule has 1 saturated heterocycles. The van der Waals surface area contributed by atoms with Crippen molar-refractivity contribution in [2.24, 2.45) is 11.8 Å². The number of anilines is 1. The van der Waals surface area contributed by atoms with Gasteiger partial charge in [0, 0.05) is 24.9 Å². The third kappa shape index (κ3) is 6.79. The van der Waals surface area contributed by atoms with Crippen molar-refractivity contribution in [2.45, 2.75) is 57.2 Å². The Kier molecular flexibility index (Phi) is 8.73. The van der Waals surface area contributed by atoms with E-state index in [1.807, 2.05) is 12.1 Å². The van der Waals surface area contributed by atoms with Gasteiger partial charge in [0.25, 0.3) is 0 Å². The van der Waals surface area contributed by atoms with Gasteiger partial charge in [0.05, 0.1) is 18.6 Å². The predicted molar refractivity (Wildman–Crippen MR) is 139 cm³/mol. The number of carbonyl (C=O) groups excluding carboxylic acids is 1. The fourth-order valence-corrected chi connectivity index (χ4v) is 4.65. The van der Waals surface area contributed by atoms with E-state index in [0.29, 0.717) is 25.0 Å². The zero-order valence-electron chi connectivity index (χ0n) is 20.5. The summed E-state index contributed by atoms with van der Waals surface area (Å²) < 4.78 is 11.5. The fourth-order valence-electron chi connectivity index (χ4n) is 4.52. The van der Waals surface area contributed by atoms with Gasteiger partial charge in [0.2, 0.25) is 5.91 Å². The number of nitrogens with zero attached hydrogens (tertiary/aromatic N) is 3. The van der Waals surface area contributed by atoms with Gasteiger partial charge >= 0.3 is 6.01 Å². The molecule has 2 heterocycles. The van der Waals surface area contributed by atoms with Crippen molar-refractivity contribution in [2.75, 3.05) is 31.2 Å². The number of amides is 1. The summed E-state index contributed by atoms with van der Waals surface area (Å²) >= 11 is 4.13. The van der Waals surface area contributed by atoms with Crippen LogP contribution in [-0.4, -0.2) is 52.8 Å². The van der Waals surface area contributed by atoms with Gasteiger partial charge in [-0.3, -0.25) is 4.79 Å². The molecule has 1 amide bonds. The standard InChI is InChI=1S/C26H36N4O4S/c1-17(2)24-28-26(34-29-24)30-13-11-18(12-14-30)16-33-22-9-7-20(8-10-22)19-3-5-21(6-4-19)25(32)27-23(35)15-31/h3,7-10,17-18,21,23,31,35H,4-6,11-16H2,1-2H3,(H,27,32). The first-order valence-corrected chi connectivity index (χ1v) is 13.0. The quantitative estimate of drug-likeness (QED) is 0.353. The molecule has 1 aliphatic carbocycles. The second kappa shape index (κ2) is 11.9. The van der Waals surface area contributed by atoms with Crippen LogP contribution in [0.1, 0.15) is 63.3 Å². The van der Waals surface area contributed by atoms with E-state index in [1.165, 1.54) is 11.1 Å². The summed E-state index contributed by atoms with van der Waals surface area (Å²) in [5.74, 6) is 2.30. The Morgan fingerprint density at radius 2 is 2.00 bits per heavy atom. The lowest BCUT2D eigenvalue weighted by atomic mass is 9.86. The second-order valence-electron chi connectivity index (χ2n) is 9.76. The Morgan fingerprint density at radius 3 is 2.60 bits per heavy atom. The highest BCUT2D eigenvalue weighted by Gasteiger charge is 2.25. The fraction of sp³-hybridized carbons (Fsp3) is 0.577. The van der Waals surface area contributed by atoms with Crippen LogP contribution in [0.15, 0.2) is 34.9 Å². The van der Waals surface area contributed by atoms with Gasteiger partial charge in [-0.25, -0.2) is 0 Å². The summed E-state index contributed by atoms with van der Waals surface area (Å²) in [7, 11) is 0. The minimum absolute atomic E-state index is 0.0404. The van der Waals surface area contributed by atoms with E-state index in [1.54, 1.807) is 0 Å². The largest absolute Gasteiger partial charge is 0.493 e. The summed E-state index contributed by atoms with van der Waals surface area (Å²) in [6.07, 6.45) is 6.56. The van der Waals surface area contributed by atoms with Gasteiger partial charge < -0.3 is 24.6 Å². The van der Waals surface area contributed by atoms with Crippen molar-refractivity contribution in [3.05, 3.63) is 41.7 Å². The molecule has 0 saturated carbocycles. The zero-order chi connectivity index (χ0) is 24.8. The molecule has 4 rings (SSSR count). The van der Waals surface area contributed by atoms with Crippen molar-refractivity contribution < 1.29 is 19.2 Å². The summed E-state index contributed by atoms with van der Waals surface area (Å²) in [4.78, 5) is 18.9. The van der Waals surface area contributed by atoms with E-state index in [9.17, 15) is 4.79 Å². The number of piperidine rings is 1. The van der Waals surface area contributed by atoms with Crippen molar-refractivity contribution >= 4 is 30.1 Å². The molecule has 1 aromatic heterocycles. The normalized spacial score (nSPS) is 20.0. The van der Waals surface area contributed by atoms with Crippen LogP contribution in [0.2, 0.25) is 0 Å². The molecule has 0 radical (unpaired) electrons. The molecule has 1 aliphatic heterocycles. The second-order valence-corrected chi connectivity index (χ2v) is 10.4. The van der Waals surface area contributed by atoms with Crippen LogP contribution in [0, 0.1) is 11.8 Å². The molecule has 2 atom stereocenters. The van der Waals surface area contributed by atoms with E-state index < -0.39 is 5.37 Å². The minimum Gasteiger partial charge on any atom is -0.493 e. The number of aliphatic hydroxyl groups is 1. The lowest BCUT2D eigenvalue weighted by molar-refractivity contribution is -0.125. The van der Waals surface area contributed by atoms with E-state index in [2.05, 4.69) is 65.0 Å². The number of hydrogen-bond donors (Lipinski definition) is 3. The summed E-state index contributed by atoms with van der Waals surface area (Å²) in [5.41, 5.74) is 2.44. The Morgan fingerprint density at radius 1 is 1.26 bits per heavy atom. The third-order valence-corrected chi connectivity index (χ3v) is 7.10. The average Bonchev–Trinajstić information content (AvgIpc) is 3.39. The van der Waals surface area contributed by atoms with Gasteiger partial charge in [0.15, 0.2) is 5.82 Å². The molecule has 9 heteroatoms. The smallest absolute Gasteiger partial charge is 0.324 e. The van der Waals surface area contributed by atoms with Crippen LogP contribution in [0.25, 0.3) is 5.57 Å². The number of aliphatic hydroxyl groups excluding tert-OH is 1. The number of nitrogens with one attached hydrogen (secondary N) is 1. The molecule has 2 N–H and O–H groups in total. The number of carbonyl (C=O) groups is 1. The van der Waals surface area contributed by atoms with Crippen molar-refractivity contribution in [1.29, 1.82) is 0 Å². The first-order valence-electron chi connectivity index (χ1n) is 12.5. The monoisotopic (exact) mass is 500 g/mol. The molecule has 2 unspecified atom stereocenters. The molecule has 8 nitrogen and oxygen atoms in total. The molecule has 2 aliphatic rings. The summed E-state index contributed by atoms with van der Waals surface area (Å²) in [5, 5.41) is 15.4. The number of allylic oxidation sites excluding steroid dienone is 2. The number of rotatable bonds is 9. The van der Waals surface area contributed by atoms with Crippen molar-refractivity contribution in [1.82, 2.24) is 15.5 Å². The maximum absolute atomic E-state index is 12.2. The summed E-state index contributed by atoms with van der Waals surface area (Å²) in [6.45, 7) is 6.45. The highest BCUT2D eigenvalue weighted by molar-refractivity contribution is 7.80. The molecular weight excluding hydrogens is 464 g/mol. The van der Waals surface area contributed by atoms with Crippen LogP contribution in [0.5, 0.6) is 5.75 Å². The number of ether oxygens (including phenoxy) is 1. The van der Waals surface area contributed by atoms with Gasteiger partial charge in [-0.1, -0.05) is 37.2 Å². The van der Waals surface area contributed by atoms with Gasteiger partial charge in [-0.05, 0) is 61.3 Å². The molecule has 190 valence electrons. The van der Waals surface area contributed by atoms with E-state index in [0.717, 1.165) is 50.3 Å². The Hall–Kier alpha value is -2.52. The molecule has 1 aromatic carbocycles. The molecule has 0 bridgehead atoms. The number of aromatic nitrogens is 2. The molecule has 35 heavy (non-hydrogen) atoms. The van der Waals surface area contributed by atoms with E-state index in [4.69, 9.17) is 14.4 Å². The van der Waals surface area contributed by atoms with Crippen molar-refractivity contribution in [3.8, 4) is 5.75 Å². The summed E-state index contributed by atoms with van der Waals surface area (Å²) in [6, 6.07) is 8.89. The third-order valence-electron chi connectivity index (χ3n) is 6.81. The Bertz CT molecular complexity index is 999. The lowest BCUT2D eigenvalue weighted by Crippen LogP contribution is -2.38. The Balaban J connectivity index is 1.21. The molecule has 1 fully saturated rings. The predicted octanol–water partition coefficient (Wildman–Crippen LogP) is 4.04. The Labute approximate surface area is 212 Å². The van der Waals surface area contributed by atoms with Crippen LogP contribution < -0.4 is 15.0 Å². The highest BCUT2D eigenvalue weighted by atomic mass is 32.1. The van der Waals surface area contributed by atoms with Gasteiger partial charge in [-0.2, -0.15) is 17.6 Å². The maximum Gasteiger partial charge on any atom is 0.324 e. The van der Waals surface area contributed by atoms with E-state index >= 15 is 0 Å². The SMILES string of the molecule is CC(C)c1noc(N2CCC(COc3ccc(C4=CCC(C(=O)NC(S)CO)CC4)cc3)CC2)n1. The molecular formula is C26H36N4O4S. The first-order chi connectivity index (χ1) is 16.9. The van der Waals surface area contributed by atoms with Crippen LogP contribution in [-0.2, 0) is 4.79 Å². The highest BCUT2D eigenvalue weighted by Crippen LogP contribution is 2.31. The minimum atomic E-state index is -0.504. The first kappa shape index (κ1) is 25.6. The van der Waals surface area contributed by atoms with Crippen LogP contribution in [0.3, 0.4) is 0 Å². The molecule has 0 spiro atoms. The number of hydrogen-bond acceptors (Lipinski definition) is 8. The number of benzene rings is 1. The van der Waals surface area contributed by atoms with Crippen LogP contribution >= 0.6 is 12.6 Å². The van der Waals surface area contributed by atoms with Gasteiger partial charge in [0.1, 0.15) is 5.75 Å². The van der Waals surface area contributed by atoms with Crippen LogP contribution in [0.4, 0.5) is 6.01 Å². The van der Waals surface area contributed by atoms with E-state index in [-0.39, 0.29) is 24.3 Å². The number of thiol groups is 1. The van der Waals surface area contributed by atoms with Crippen molar-refractivity contribution in [3.63, 3.8) is 0 Å². The topological polar surface area (TPSA) is 101 Å².